The van der Waals surface area contributed by atoms with E-state index in [0.717, 1.165) is 89.7 Å². The maximum atomic E-state index is 15.3. The lowest BCUT2D eigenvalue weighted by molar-refractivity contribution is -0.137. The summed E-state index contributed by atoms with van der Waals surface area (Å²) in [6.45, 7) is 8.92. The molecule has 0 radical (unpaired) electrons. The van der Waals surface area contributed by atoms with E-state index in [1.165, 1.54) is 126 Å². The fourth-order valence-corrected chi connectivity index (χ4v) is 17.8. The van der Waals surface area contributed by atoms with Gasteiger partial charge in [-0.25, -0.2) is 0 Å². The number of methoxy groups -OCH3 is 2. The molecule has 2 fully saturated rings. The first-order valence-corrected chi connectivity index (χ1v) is 38.8. The van der Waals surface area contributed by atoms with Gasteiger partial charge in [-0.3, -0.25) is 9.59 Å². The third-order valence-electron chi connectivity index (χ3n) is 23.8. The molecule has 2 N–H and O–H groups in total. The topological polar surface area (TPSA) is 85.9 Å². The molecule has 544 valence electrons. The minimum absolute atomic E-state index is 0.232. The number of alkyl halides is 3. The van der Waals surface area contributed by atoms with E-state index >= 15 is 13.2 Å². The van der Waals surface area contributed by atoms with Gasteiger partial charge in [-0.2, -0.15) is 13.2 Å². The van der Waals surface area contributed by atoms with Gasteiger partial charge in [0.05, 0.1) is 19.8 Å². The monoisotopic (exact) mass is 1420 g/mol. The Labute approximate surface area is 628 Å². The number of benzene rings is 11. The Morgan fingerprint density at radius 3 is 1.32 bits per heavy atom. The van der Waals surface area contributed by atoms with Crippen LogP contribution in [-0.4, -0.2) is 26.0 Å². The van der Waals surface area contributed by atoms with Crippen molar-refractivity contribution < 1.29 is 37.0 Å². The Kier molecular flexibility index (Phi) is 20.8. The molecule has 0 spiro atoms. The van der Waals surface area contributed by atoms with Gasteiger partial charge in [0.1, 0.15) is 17.2 Å². The van der Waals surface area contributed by atoms with Crippen molar-refractivity contribution in [2.45, 2.75) is 159 Å². The van der Waals surface area contributed by atoms with Crippen molar-refractivity contribution in [1.82, 2.24) is 0 Å². The number of hydrogen-bond donors (Lipinski definition) is 2. The molecule has 1 aliphatic heterocycles. The van der Waals surface area contributed by atoms with Gasteiger partial charge >= 0.3 is 6.18 Å². The molecule has 0 atom stereocenters. The highest BCUT2D eigenvalue weighted by Gasteiger charge is 2.46. The van der Waals surface area contributed by atoms with Crippen molar-refractivity contribution in [1.29, 1.82) is 0 Å². The van der Waals surface area contributed by atoms with Gasteiger partial charge in [-0.15, -0.1) is 0 Å². The minimum Gasteiger partial charge on any atom is -0.497 e. The smallest absolute Gasteiger partial charge is 0.416 e. The van der Waals surface area contributed by atoms with Gasteiger partial charge in [0.2, 0.25) is 0 Å². The maximum absolute atomic E-state index is 15.3. The number of hydrogen-bond acceptors (Lipinski definition) is 5. The van der Waals surface area contributed by atoms with Gasteiger partial charge in [0.25, 0.3) is 11.8 Å². The number of amides is 2. The summed E-state index contributed by atoms with van der Waals surface area (Å²) in [4.78, 5) is 28.1. The first-order chi connectivity index (χ1) is 52.0. The van der Waals surface area contributed by atoms with Crippen molar-refractivity contribution in [3.63, 3.8) is 0 Å². The summed E-state index contributed by atoms with van der Waals surface area (Å²) in [6.07, 6.45) is 20.3. The normalized spacial score (nSPS) is 17.7. The molecule has 4 aliphatic rings. The van der Waals surface area contributed by atoms with Crippen LogP contribution in [0.3, 0.4) is 0 Å². The number of anilines is 2. The van der Waals surface area contributed by atoms with E-state index in [9.17, 15) is 9.59 Å². The average molecular weight is 1430 g/mol. The molecule has 3 aliphatic carbocycles. The molecule has 11 aromatic carbocycles. The summed E-state index contributed by atoms with van der Waals surface area (Å²) in [5, 5.41) is 7.21. The number of ether oxygens (including phenoxy) is 3. The zero-order chi connectivity index (χ0) is 74.0. The van der Waals surface area contributed by atoms with Crippen LogP contribution < -0.4 is 24.8 Å². The third kappa shape index (κ3) is 14.8. The predicted molar refractivity (Wildman–Crippen MR) is 431 cm³/mol. The highest BCUT2D eigenvalue weighted by molar-refractivity contribution is 6.11. The van der Waals surface area contributed by atoms with Crippen LogP contribution in [0.25, 0.3) is 72.5 Å². The van der Waals surface area contributed by atoms with Gasteiger partial charge in [0, 0.05) is 50.0 Å². The van der Waals surface area contributed by atoms with Crippen molar-refractivity contribution in [2.75, 3.05) is 24.9 Å². The van der Waals surface area contributed by atoms with Crippen molar-refractivity contribution in [2.24, 2.45) is 11.8 Å². The highest BCUT2D eigenvalue weighted by atomic mass is 19.4. The number of carbonyl (C=O) groups is 2. The van der Waals surface area contributed by atoms with Crippen LogP contribution in [-0.2, 0) is 17.2 Å². The lowest BCUT2D eigenvalue weighted by Crippen LogP contribution is -2.35. The van der Waals surface area contributed by atoms with E-state index in [1.807, 2.05) is 158 Å². The summed E-state index contributed by atoms with van der Waals surface area (Å²) in [7, 11) is 3.21. The quantitative estimate of drug-likeness (QED) is 0.0661. The molecule has 15 rings (SSSR count). The molecular weight excluding hydrogens is 1330 g/mol. The average Bonchev–Trinajstić information content (AvgIpc) is 1.54. The van der Waals surface area contributed by atoms with Crippen molar-refractivity contribution in [3.8, 4) is 72.9 Å². The zero-order valence-electron chi connectivity index (χ0n) is 62.3. The molecule has 0 aromatic heterocycles. The molecule has 10 heteroatoms. The zero-order valence-corrected chi connectivity index (χ0v) is 62.3. The summed E-state index contributed by atoms with van der Waals surface area (Å²) in [6, 6.07) is 72.7. The molecule has 0 unspecified atom stereocenters. The fourth-order valence-electron chi connectivity index (χ4n) is 17.8. The second-order valence-electron chi connectivity index (χ2n) is 30.8. The summed E-state index contributed by atoms with van der Waals surface area (Å²) in [5.41, 5.74) is 15.8. The Morgan fingerprint density at radius 1 is 0.458 bits per heavy atom. The van der Waals surface area contributed by atoms with Crippen LogP contribution >= 0.6 is 0 Å². The highest BCUT2D eigenvalue weighted by Crippen LogP contribution is 2.61. The molecule has 11 aromatic rings. The van der Waals surface area contributed by atoms with E-state index in [0.29, 0.717) is 67.9 Å². The van der Waals surface area contributed by atoms with Crippen molar-refractivity contribution in [3.05, 3.63) is 286 Å². The molecule has 2 saturated carbocycles. The fraction of sp³-hybridized carbons (Fsp3) is 0.299. The predicted octanol–water partition coefficient (Wildman–Crippen LogP) is 26.4. The van der Waals surface area contributed by atoms with Gasteiger partial charge < -0.3 is 24.8 Å². The second-order valence-corrected chi connectivity index (χ2v) is 30.8. The summed E-state index contributed by atoms with van der Waals surface area (Å²) in [5.74, 6) is 4.10. The van der Waals surface area contributed by atoms with Crippen LogP contribution in [0, 0.1) is 11.8 Å². The SMILES string of the molecule is CCCCC[C@H]1CC[C@H](c2ccc(-c3ccc(C(=O)Nc4ccc(-c5cc(-c6ccc(NC(=O)c7ccc(-c8ccc([C@H]9CC[C@H](CCCCC)CC9)cc8)cc7)cc6)c6c(c5)-c5c(c7c(c8cc(C(F)(F)F)ccc58)OC(c5ccc(OC)cc5)(c5ccc(OC)cc5)C=C7)C6(C)C)cc4)cc3)cc2)CC1. The van der Waals surface area contributed by atoms with Crippen LogP contribution in [0.5, 0.6) is 17.2 Å². The molecular formula is C97H95F3N2O5. The molecule has 1 heterocycles. The van der Waals surface area contributed by atoms with Crippen molar-refractivity contribution >= 4 is 40.0 Å². The van der Waals surface area contributed by atoms with E-state index in [1.54, 1.807) is 20.3 Å². The number of halogens is 3. The van der Waals surface area contributed by atoms with Gasteiger partial charge in [-0.1, -0.05) is 213 Å². The Bertz CT molecular complexity index is 4980. The molecule has 107 heavy (non-hydrogen) atoms. The molecule has 0 saturated heterocycles. The number of unbranched alkanes of at least 4 members (excludes halogenated alkanes) is 4. The second kappa shape index (κ2) is 30.8. The standard InChI is InChI=1S/C97H95F3N2O5/c1-7-9-11-13-62-15-19-64(20-16-62)66-23-27-68(28-24-66)70-31-35-74(36-32-70)93(103)101-80-48-39-72(40-49-80)76-59-86(73-41-50-81(51-42-73)102-94(104)75-37-33-71(34-38-75)69-29-25-67(26-30-69)65-21-17-63(18-22-65)14-12-10-8-2)90-88(60-76)89-84-56-47-79(97(98,99)100)61-87(84)92-85(91(89)95(90,3)4)57-58-96(107-92,77-43-52-82(105-5)53-44-77)78-45-54-83(106-6)55-46-78/h23-65H,7-22H2,1-6H3,(H,101,103)(H,102,104)/t62-,63-,64-,65-. The Hall–Kier alpha value is -10.5. The Balaban J connectivity index is 0.741. The summed E-state index contributed by atoms with van der Waals surface area (Å²) < 4.78 is 64.5. The summed E-state index contributed by atoms with van der Waals surface area (Å²) >= 11 is 0. The number of rotatable bonds is 22. The lowest BCUT2D eigenvalue weighted by atomic mass is 9.75. The lowest BCUT2D eigenvalue weighted by Gasteiger charge is -2.38. The van der Waals surface area contributed by atoms with E-state index in [2.05, 4.69) is 99.0 Å². The molecule has 7 nitrogen and oxygen atoms in total. The Morgan fingerprint density at radius 2 is 0.879 bits per heavy atom. The van der Waals surface area contributed by atoms with E-state index < -0.39 is 22.8 Å². The van der Waals surface area contributed by atoms with Crippen LogP contribution in [0.1, 0.15) is 207 Å². The minimum atomic E-state index is -4.67. The van der Waals surface area contributed by atoms with Crippen LogP contribution in [0.4, 0.5) is 24.5 Å². The number of fused-ring (bicyclic) bond motifs is 8. The number of carbonyl (C=O) groups excluding carboxylic acids is 2. The molecule has 2 amide bonds. The largest absolute Gasteiger partial charge is 0.497 e. The van der Waals surface area contributed by atoms with E-state index in [4.69, 9.17) is 14.2 Å². The third-order valence-corrected chi connectivity index (χ3v) is 23.8. The van der Waals surface area contributed by atoms with E-state index in [-0.39, 0.29) is 11.8 Å². The first kappa shape index (κ1) is 72.1. The number of nitrogens with one attached hydrogen (secondary N) is 2. The van der Waals surface area contributed by atoms with Gasteiger partial charge in [0.15, 0.2) is 5.60 Å². The first-order valence-electron chi connectivity index (χ1n) is 38.8. The maximum Gasteiger partial charge on any atom is 0.416 e. The molecule has 0 bridgehead atoms. The van der Waals surface area contributed by atoms with Gasteiger partial charge in [-0.05, 0) is 261 Å². The van der Waals surface area contributed by atoms with Crippen LogP contribution in [0.2, 0.25) is 0 Å². The van der Waals surface area contributed by atoms with Crippen LogP contribution in [0.15, 0.2) is 231 Å².